The van der Waals surface area contributed by atoms with Gasteiger partial charge in [0.1, 0.15) is 0 Å². The van der Waals surface area contributed by atoms with Crippen LogP contribution in [0, 0.1) is 23.3 Å². The molecule has 1 heterocycles. The summed E-state index contributed by atoms with van der Waals surface area (Å²) in [6.07, 6.45) is 0. The Morgan fingerprint density at radius 1 is 1.00 bits per heavy atom. The fourth-order valence-electron chi connectivity index (χ4n) is 2.08. The van der Waals surface area contributed by atoms with Crippen molar-refractivity contribution in [3.8, 4) is 5.75 Å². The van der Waals surface area contributed by atoms with Gasteiger partial charge in [-0.2, -0.15) is 4.39 Å². The zero-order valence-corrected chi connectivity index (χ0v) is 12.8. The first kappa shape index (κ1) is 16.4. The third kappa shape index (κ3) is 2.52. The lowest BCUT2D eigenvalue weighted by Gasteiger charge is -2.22. The van der Waals surface area contributed by atoms with Gasteiger partial charge >= 0.3 is 5.97 Å². The maximum atomic E-state index is 14.0. The van der Waals surface area contributed by atoms with Crippen molar-refractivity contribution in [2.24, 2.45) is 0 Å². The molecule has 1 aliphatic rings. The predicted molar refractivity (Wildman–Crippen MR) is 78.1 cm³/mol. The van der Waals surface area contributed by atoms with Gasteiger partial charge in [0.2, 0.25) is 17.4 Å². The third-order valence-electron chi connectivity index (χ3n) is 3.20. The molecule has 8 heteroatoms. The first-order valence-corrected chi connectivity index (χ1v) is 7.37. The second kappa shape index (κ2) is 6.20. The minimum Gasteiger partial charge on any atom is -0.463 e. The molecular formula is C16H8F4O3S. The zero-order valence-electron chi connectivity index (χ0n) is 12.0. The van der Waals surface area contributed by atoms with Gasteiger partial charge in [0.15, 0.2) is 17.4 Å². The molecule has 2 aromatic rings. The molecule has 124 valence electrons. The Hall–Kier alpha value is -2.48. The Morgan fingerprint density at radius 2 is 1.62 bits per heavy atom. The molecule has 0 saturated heterocycles. The van der Waals surface area contributed by atoms with Crippen molar-refractivity contribution in [1.29, 1.82) is 0 Å². The number of hydrogen-bond donors (Lipinski definition) is 0. The first-order chi connectivity index (χ1) is 11.5. The SMILES string of the molecule is COC(=O)C1=C(c2ccccc2)Sc2c(F)c(F)c(F)c(F)c2O1. The molecule has 0 aliphatic carbocycles. The van der Waals surface area contributed by atoms with E-state index in [9.17, 15) is 22.4 Å². The molecule has 0 unspecified atom stereocenters. The van der Waals surface area contributed by atoms with Crippen molar-refractivity contribution in [1.82, 2.24) is 0 Å². The summed E-state index contributed by atoms with van der Waals surface area (Å²) in [5.41, 5.74) is 0.443. The molecule has 0 bridgehead atoms. The van der Waals surface area contributed by atoms with E-state index in [0.29, 0.717) is 17.3 Å². The lowest BCUT2D eigenvalue weighted by atomic mass is 10.2. The molecule has 1 aliphatic heterocycles. The van der Waals surface area contributed by atoms with Crippen LogP contribution in [0.25, 0.3) is 4.91 Å². The molecule has 3 rings (SSSR count). The number of fused-ring (bicyclic) bond motifs is 1. The average molecular weight is 356 g/mol. The van der Waals surface area contributed by atoms with Crippen LogP contribution in [-0.4, -0.2) is 13.1 Å². The molecule has 0 atom stereocenters. The predicted octanol–water partition coefficient (Wildman–Crippen LogP) is 4.27. The number of ether oxygens (including phenoxy) is 2. The molecule has 0 amide bonds. The maximum absolute atomic E-state index is 14.0. The number of esters is 1. The van der Waals surface area contributed by atoms with E-state index in [0.717, 1.165) is 7.11 Å². The van der Waals surface area contributed by atoms with E-state index in [1.807, 2.05) is 0 Å². The second-order valence-electron chi connectivity index (χ2n) is 4.63. The highest BCUT2D eigenvalue weighted by Gasteiger charge is 2.35. The molecule has 0 spiro atoms. The van der Waals surface area contributed by atoms with Crippen molar-refractivity contribution in [3.63, 3.8) is 0 Å². The molecular weight excluding hydrogens is 348 g/mol. The molecule has 0 fully saturated rings. The normalized spacial score (nSPS) is 13.4. The van der Waals surface area contributed by atoms with E-state index in [2.05, 4.69) is 4.74 Å². The number of thioether (sulfide) groups is 1. The fraction of sp³-hybridized carbons (Fsp3) is 0.0625. The Morgan fingerprint density at radius 3 is 2.25 bits per heavy atom. The molecule has 0 N–H and O–H groups in total. The van der Waals surface area contributed by atoms with Crippen molar-refractivity contribution in [2.75, 3.05) is 7.11 Å². The first-order valence-electron chi connectivity index (χ1n) is 6.55. The lowest BCUT2D eigenvalue weighted by Crippen LogP contribution is -2.18. The molecule has 2 aromatic carbocycles. The van der Waals surface area contributed by atoms with Crippen LogP contribution < -0.4 is 4.74 Å². The van der Waals surface area contributed by atoms with Crippen LogP contribution in [0.5, 0.6) is 5.75 Å². The van der Waals surface area contributed by atoms with E-state index in [1.165, 1.54) is 0 Å². The van der Waals surface area contributed by atoms with E-state index < -0.39 is 45.6 Å². The van der Waals surface area contributed by atoms with Gasteiger partial charge in [0, 0.05) is 0 Å². The summed E-state index contributed by atoms with van der Waals surface area (Å²) in [4.78, 5) is 11.4. The van der Waals surface area contributed by atoms with Crippen LogP contribution in [0.3, 0.4) is 0 Å². The van der Waals surface area contributed by atoms with Crippen molar-refractivity contribution in [3.05, 3.63) is 64.9 Å². The number of methoxy groups -OCH3 is 1. The van der Waals surface area contributed by atoms with Gasteiger partial charge in [-0.15, -0.1) is 0 Å². The largest absolute Gasteiger partial charge is 0.463 e. The highest BCUT2D eigenvalue weighted by atomic mass is 32.2. The number of benzene rings is 2. The summed E-state index contributed by atoms with van der Waals surface area (Å²) in [5, 5.41) is 0. The summed E-state index contributed by atoms with van der Waals surface area (Å²) in [6.45, 7) is 0. The van der Waals surface area contributed by atoms with Gasteiger partial charge < -0.3 is 9.47 Å². The van der Waals surface area contributed by atoms with E-state index in [1.54, 1.807) is 30.3 Å². The van der Waals surface area contributed by atoms with Crippen LogP contribution in [0.1, 0.15) is 5.56 Å². The average Bonchev–Trinajstić information content (AvgIpc) is 2.63. The Kier molecular flexibility index (Phi) is 4.23. The van der Waals surface area contributed by atoms with Gasteiger partial charge in [-0.3, -0.25) is 0 Å². The smallest absolute Gasteiger partial charge is 0.375 e. The van der Waals surface area contributed by atoms with Crippen LogP contribution in [0.15, 0.2) is 41.0 Å². The minimum absolute atomic E-state index is 0.0965. The summed E-state index contributed by atoms with van der Waals surface area (Å²) < 4.78 is 64.4. The topological polar surface area (TPSA) is 35.5 Å². The summed E-state index contributed by atoms with van der Waals surface area (Å²) in [6, 6.07) is 8.19. The standard InChI is InChI=1S/C16H8F4O3S/c1-22-16(21)13-14(7-5-3-2-4-6-7)24-15-11(20)9(18)8(17)10(19)12(15)23-13/h2-6H,1H3. The van der Waals surface area contributed by atoms with Gasteiger partial charge in [0.25, 0.3) is 0 Å². The third-order valence-corrected chi connectivity index (χ3v) is 4.40. The minimum atomic E-state index is -2.01. The molecule has 0 radical (unpaired) electrons. The van der Waals surface area contributed by atoms with Crippen molar-refractivity contribution in [2.45, 2.75) is 4.90 Å². The summed E-state index contributed by atoms with van der Waals surface area (Å²) in [5.74, 6) is -9.56. The van der Waals surface area contributed by atoms with Crippen LogP contribution in [0.2, 0.25) is 0 Å². The van der Waals surface area contributed by atoms with E-state index in [4.69, 9.17) is 4.74 Å². The highest BCUT2D eigenvalue weighted by Crippen LogP contribution is 2.49. The number of hydrogen-bond acceptors (Lipinski definition) is 4. The van der Waals surface area contributed by atoms with Crippen LogP contribution >= 0.6 is 11.8 Å². The molecule has 0 aromatic heterocycles. The lowest BCUT2D eigenvalue weighted by molar-refractivity contribution is -0.138. The quantitative estimate of drug-likeness (QED) is 0.348. The number of halogens is 4. The van der Waals surface area contributed by atoms with Gasteiger partial charge in [0.05, 0.1) is 16.9 Å². The van der Waals surface area contributed by atoms with Gasteiger partial charge in [-0.05, 0) is 5.56 Å². The fourth-order valence-corrected chi connectivity index (χ4v) is 3.16. The van der Waals surface area contributed by atoms with Gasteiger partial charge in [-0.1, -0.05) is 42.1 Å². The summed E-state index contributed by atoms with van der Waals surface area (Å²) >= 11 is 0.558. The van der Waals surface area contributed by atoms with Crippen LogP contribution in [0.4, 0.5) is 17.6 Å². The zero-order chi connectivity index (χ0) is 17.4. The molecule has 3 nitrogen and oxygen atoms in total. The van der Waals surface area contributed by atoms with Gasteiger partial charge in [-0.25, -0.2) is 18.0 Å². The second-order valence-corrected chi connectivity index (χ2v) is 5.65. The Balaban J connectivity index is 2.23. The van der Waals surface area contributed by atoms with Crippen molar-refractivity contribution >= 4 is 22.6 Å². The van der Waals surface area contributed by atoms with Crippen molar-refractivity contribution < 1.29 is 31.8 Å². The number of carbonyl (C=O) groups excluding carboxylic acids is 1. The van der Waals surface area contributed by atoms with Crippen LogP contribution in [-0.2, 0) is 9.53 Å². The summed E-state index contributed by atoms with van der Waals surface area (Å²) in [7, 11) is 1.07. The molecule has 0 saturated carbocycles. The number of carbonyl (C=O) groups is 1. The maximum Gasteiger partial charge on any atom is 0.375 e. The highest BCUT2D eigenvalue weighted by molar-refractivity contribution is 8.08. The number of rotatable bonds is 2. The van der Waals surface area contributed by atoms with E-state index >= 15 is 0 Å². The van der Waals surface area contributed by atoms with E-state index in [-0.39, 0.29) is 4.91 Å². The Labute approximate surface area is 137 Å². The Bertz CT molecular complexity index is 866. The monoisotopic (exact) mass is 356 g/mol. The molecule has 24 heavy (non-hydrogen) atoms.